The van der Waals surface area contributed by atoms with Crippen molar-refractivity contribution < 1.29 is 0 Å². The highest BCUT2D eigenvalue weighted by Gasteiger charge is 2.43. The molecule has 2 rings (SSSR count). The molecule has 0 radical (unpaired) electrons. The van der Waals surface area contributed by atoms with Gasteiger partial charge in [0.1, 0.15) is 0 Å². The van der Waals surface area contributed by atoms with Crippen LogP contribution >= 0.6 is 11.6 Å². The van der Waals surface area contributed by atoms with Crippen molar-refractivity contribution >= 4 is 11.6 Å². The molecule has 4 heteroatoms. The molecule has 1 heterocycles. The van der Waals surface area contributed by atoms with E-state index in [1.807, 2.05) is 6.92 Å². The summed E-state index contributed by atoms with van der Waals surface area (Å²) in [5.74, 6) is 0. The molecule has 3 N–H and O–H groups in total. The SMILES string of the molecule is Cc1[nH]c(=O)c(C2(N)CC2)c(C)c1Cl. The molecule has 76 valence electrons. The van der Waals surface area contributed by atoms with E-state index in [9.17, 15) is 4.79 Å². The minimum absolute atomic E-state index is 0.0931. The summed E-state index contributed by atoms with van der Waals surface area (Å²) in [6, 6.07) is 0. The molecule has 0 aromatic carbocycles. The van der Waals surface area contributed by atoms with Crippen LogP contribution in [0.25, 0.3) is 0 Å². The van der Waals surface area contributed by atoms with Crippen molar-refractivity contribution in [3.63, 3.8) is 0 Å². The number of aromatic nitrogens is 1. The summed E-state index contributed by atoms with van der Waals surface area (Å²) in [5, 5.41) is 0.622. The van der Waals surface area contributed by atoms with Crippen molar-refractivity contribution in [2.45, 2.75) is 32.2 Å². The predicted octanol–water partition coefficient (Wildman–Crippen LogP) is 1.59. The molecule has 3 nitrogen and oxygen atoms in total. The molecule has 0 bridgehead atoms. The van der Waals surface area contributed by atoms with Crippen LogP contribution < -0.4 is 11.3 Å². The molecular formula is C10H13ClN2O. The molecule has 14 heavy (non-hydrogen) atoms. The maximum Gasteiger partial charge on any atom is 0.253 e. The highest BCUT2D eigenvalue weighted by molar-refractivity contribution is 6.32. The van der Waals surface area contributed by atoms with E-state index in [4.69, 9.17) is 17.3 Å². The van der Waals surface area contributed by atoms with Crippen LogP contribution in [0.3, 0.4) is 0 Å². The van der Waals surface area contributed by atoms with Crippen molar-refractivity contribution in [1.82, 2.24) is 4.98 Å². The van der Waals surface area contributed by atoms with Crippen molar-refractivity contribution in [1.29, 1.82) is 0 Å². The van der Waals surface area contributed by atoms with Crippen molar-refractivity contribution in [2.24, 2.45) is 5.73 Å². The molecular weight excluding hydrogens is 200 g/mol. The van der Waals surface area contributed by atoms with Gasteiger partial charge < -0.3 is 10.7 Å². The molecule has 0 saturated heterocycles. The quantitative estimate of drug-likeness (QED) is 0.743. The van der Waals surface area contributed by atoms with Gasteiger partial charge in [-0.25, -0.2) is 0 Å². The van der Waals surface area contributed by atoms with E-state index in [0.717, 1.165) is 18.4 Å². The maximum absolute atomic E-state index is 11.7. The molecule has 1 aromatic rings. The number of H-pyrrole nitrogens is 1. The second kappa shape index (κ2) is 2.84. The van der Waals surface area contributed by atoms with Crippen LogP contribution in [-0.2, 0) is 5.54 Å². The van der Waals surface area contributed by atoms with Gasteiger partial charge in [0.15, 0.2) is 0 Å². The molecule has 0 atom stereocenters. The summed E-state index contributed by atoms with van der Waals surface area (Å²) in [6.45, 7) is 3.64. The zero-order valence-electron chi connectivity index (χ0n) is 8.28. The minimum Gasteiger partial charge on any atom is -0.325 e. The van der Waals surface area contributed by atoms with E-state index < -0.39 is 5.54 Å². The van der Waals surface area contributed by atoms with E-state index in [1.165, 1.54) is 0 Å². The lowest BCUT2D eigenvalue weighted by molar-refractivity contribution is 0.716. The zero-order chi connectivity index (χ0) is 10.5. The molecule has 0 spiro atoms. The van der Waals surface area contributed by atoms with Gasteiger partial charge >= 0.3 is 0 Å². The Morgan fingerprint density at radius 3 is 2.50 bits per heavy atom. The van der Waals surface area contributed by atoms with E-state index in [2.05, 4.69) is 4.98 Å². The number of pyridine rings is 1. The normalized spacial score (nSPS) is 18.3. The first-order chi connectivity index (χ1) is 6.46. The van der Waals surface area contributed by atoms with Gasteiger partial charge in [-0.3, -0.25) is 4.79 Å². The van der Waals surface area contributed by atoms with Crippen LogP contribution in [0.2, 0.25) is 5.02 Å². The Balaban J connectivity index is 2.72. The summed E-state index contributed by atoms with van der Waals surface area (Å²) >= 11 is 6.06. The third-order valence-electron chi connectivity index (χ3n) is 2.85. The number of hydrogen-bond acceptors (Lipinski definition) is 2. The summed E-state index contributed by atoms with van der Waals surface area (Å²) in [7, 11) is 0. The summed E-state index contributed by atoms with van der Waals surface area (Å²) in [4.78, 5) is 14.4. The van der Waals surface area contributed by atoms with Crippen LogP contribution in [0, 0.1) is 13.8 Å². The second-order valence-corrected chi connectivity index (χ2v) is 4.43. The molecule has 1 aliphatic rings. The standard InChI is InChI=1S/C10H13ClN2O/c1-5-7(10(12)3-4-10)9(14)13-6(2)8(5)11/h3-4,12H2,1-2H3,(H,13,14). The van der Waals surface area contributed by atoms with Gasteiger partial charge in [-0.15, -0.1) is 0 Å². The topological polar surface area (TPSA) is 58.9 Å². The largest absolute Gasteiger partial charge is 0.325 e. The molecule has 0 amide bonds. The summed E-state index contributed by atoms with van der Waals surface area (Å²) in [6.07, 6.45) is 1.74. The Bertz CT molecular complexity index is 446. The molecule has 1 aliphatic carbocycles. The number of aryl methyl sites for hydroxylation is 1. The van der Waals surface area contributed by atoms with Crippen LogP contribution in [0.5, 0.6) is 0 Å². The average Bonchev–Trinajstić information content (AvgIpc) is 2.80. The first kappa shape index (κ1) is 9.74. The van der Waals surface area contributed by atoms with Gasteiger partial charge in [0.25, 0.3) is 5.56 Å². The third kappa shape index (κ3) is 1.28. The van der Waals surface area contributed by atoms with Gasteiger partial charge in [0, 0.05) is 16.8 Å². The number of nitrogens with two attached hydrogens (primary N) is 1. The first-order valence-electron chi connectivity index (χ1n) is 4.64. The van der Waals surface area contributed by atoms with Crippen molar-refractivity contribution in [2.75, 3.05) is 0 Å². The maximum atomic E-state index is 11.7. The number of rotatable bonds is 1. The van der Waals surface area contributed by atoms with Crippen LogP contribution in [0.1, 0.15) is 29.7 Å². The summed E-state index contributed by atoms with van der Waals surface area (Å²) < 4.78 is 0. The Morgan fingerprint density at radius 1 is 1.43 bits per heavy atom. The number of hydrogen-bond donors (Lipinski definition) is 2. The highest BCUT2D eigenvalue weighted by Crippen LogP contribution is 2.43. The zero-order valence-corrected chi connectivity index (χ0v) is 9.03. The Hall–Kier alpha value is -0.800. The van der Waals surface area contributed by atoms with Crippen LogP contribution in [-0.4, -0.2) is 4.98 Å². The first-order valence-corrected chi connectivity index (χ1v) is 5.02. The van der Waals surface area contributed by atoms with E-state index in [1.54, 1.807) is 6.92 Å². The van der Waals surface area contributed by atoms with Gasteiger partial charge in [0.05, 0.1) is 5.02 Å². The van der Waals surface area contributed by atoms with Crippen LogP contribution in [0.4, 0.5) is 0 Å². The van der Waals surface area contributed by atoms with E-state index >= 15 is 0 Å². The predicted molar refractivity (Wildman–Crippen MR) is 56.6 cm³/mol. The molecule has 0 aliphatic heterocycles. The molecule has 1 fully saturated rings. The third-order valence-corrected chi connectivity index (χ3v) is 3.42. The lowest BCUT2D eigenvalue weighted by atomic mass is 10.0. The minimum atomic E-state index is -0.422. The van der Waals surface area contributed by atoms with Crippen molar-refractivity contribution in [3.8, 4) is 0 Å². The number of aromatic amines is 1. The smallest absolute Gasteiger partial charge is 0.253 e. The average molecular weight is 213 g/mol. The molecule has 1 aromatic heterocycles. The number of nitrogens with one attached hydrogen (secondary N) is 1. The lowest BCUT2D eigenvalue weighted by Gasteiger charge is -2.13. The number of halogens is 1. The van der Waals surface area contributed by atoms with Gasteiger partial charge in [-0.05, 0) is 32.3 Å². The van der Waals surface area contributed by atoms with Crippen molar-refractivity contribution in [3.05, 3.63) is 32.2 Å². The molecule has 1 saturated carbocycles. The fraction of sp³-hybridized carbons (Fsp3) is 0.500. The van der Waals surface area contributed by atoms with Crippen LogP contribution in [0.15, 0.2) is 4.79 Å². The fourth-order valence-corrected chi connectivity index (χ4v) is 1.97. The molecule has 0 unspecified atom stereocenters. The Labute approximate surface area is 87.3 Å². The summed E-state index contributed by atoms with van der Waals surface area (Å²) in [5.41, 5.74) is 7.69. The second-order valence-electron chi connectivity index (χ2n) is 4.05. The Morgan fingerprint density at radius 2 is 2.00 bits per heavy atom. The van der Waals surface area contributed by atoms with Gasteiger partial charge in [-0.2, -0.15) is 0 Å². The monoisotopic (exact) mass is 212 g/mol. The van der Waals surface area contributed by atoms with Gasteiger partial charge in [-0.1, -0.05) is 11.6 Å². The fourth-order valence-electron chi connectivity index (χ4n) is 1.83. The van der Waals surface area contributed by atoms with Gasteiger partial charge in [0.2, 0.25) is 0 Å². The highest BCUT2D eigenvalue weighted by atomic mass is 35.5. The van der Waals surface area contributed by atoms with E-state index in [-0.39, 0.29) is 5.56 Å². The Kier molecular flexibility index (Phi) is 1.98. The van der Waals surface area contributed by atoms with E-state index in [0.29, 0.717) is 16.3 Å². The lowest BCUT2D eigenvalue weighted by Crippen LogP contribution is -2.30.